The predicted molar refractivity (Wildman–Crippen MR) is 111 cm³/mol. The number of rotatable bonds is 5. The highest BCUT2D eigenvalue weighted by Crippen LogP contribution is 2.20. The molecule has 0 aliphatic heterocycles. The van der Waals surface area contributed by atoms with E-state index >= 15 is 0 Å². The van der Waals surface area contributed by atoms with Gasteiger partial charge in [-0.2, -0.15) is 9.50 Å². The van der Waals surface area contributed by atoms with E-state index in [4.69, 9.17) is 4.74 Å². The van der Waals surface area contributed by atoms with E-state index in [-0.39, 0.29) is 5.56 Å². The second-order valence-corrected chi connectivity index (χ2v) is 7.90. The summed E-state index contributed by atoms with van der Waals surface area (Å²) in [6.45, 7) is 2.76. The maximum atomic E-state index is 12.6. The average Bonchev–Trinajstić information content (AvgIpc) is 3.20. The molecule has 136 valence electrons. The first-order valence-corrected chi connectivity index (χ1v) is 10.1. The molecule has 0 radical (unpaired) electrons. The average molecular weight is 442 g/mol. The van der Waals surface area contributed by atoms with E-state index < -0.39 is 0 Å². The molecule has 2 heterocycles. The van der Waals surface area contributed by atoms with Crippen molar-refractivity contribution >= 4 is 38.3 Å². The number of ether oxygens (including phenoxy) is 1. The summed E-state index contributed by atoms with van der Waals surface area (Å²) < 4.78 is 8.53. The molecule has 0 atom stereocenters. The summed E-state index contributed by atoms with van der Waals surface area (Å²) in [5, 5.41) is 4.39. The Labute approximate surface area is 168 Å². The van der Waals surface area contributed by atoms with Gasteiger partial charge in [-0.15, -0.1) is 5.10 Å². The van der Waals surface area contributed by atoms with Crippen molar-refractivity contribution < 1.29 is 4.74 Å². The third kappa shape index (κ3) is 3.79. The van der Waals surface area contributed by atoms with E-state index in [1.807, 2.05) is 54.6 Å². The van der Waals surface area contributed by atoms with Gasteiger partial charge in [0.25, 0.3) is 5.56 Å². The van der Waals surface area contributed by atoms with Gasteiger partial charge in [0.15, 0.2) is 5.82 Å². The Hall–Kier alpha value is -2.51. The first kappa shape index (κ1) is 17.9. The molecule has 0 unspecified atom stereocenters. The maximum absolute atomic E-state index is 12.6. The van der Waals surface area contributed by atoms with Gasteiger partial charge in [0.2, 0.25) is 4.96 Å². The number of halogens is 1. The number of thiazole rings is 1. The number of aromatic nitrogens is 3. The Morgan fingerprint density at radius 1 is 1.22 bits per heavy atom. The fraction of sp³-hybridized carbons (Fsp3) is 0.150. The molecule has 0 fully saturated rings. The molecule has 4 rings (SSSR count). The zero-order chi connectivity index (χ0) is 18.8. The van der Waals surface area contributed by atoms with Crippen molar-refractivity contribution in [2.45, 2.75) is 13.3 Å². The lowest BCUT2D eigenvalue weighted by Gasteiger charge is -2.04. The highest BCUT2D eigenvalue weighted by atomic mass is 79.9. The van der Waals surface area contributed by atoms with E-state index in [1.54, 1.807) is 0 Å². The molecule has 7 heteroatoms. The molecule has 0 saturated carbocycles. The fourth-order valence-corrected chi connectivity index (χ4v) is 3.95. The lowest BCUT2D eigenvalue weighted by Crippen LogP contribution is -2.23. The van der Waals surface area contributed by atoms with Crippen LogP contribution >= 0.6 is 27.3 Å². The van der Waals surface area contributed by atoms with E-state index in [0.717, 1.165) is 27.8 Å². The first-order chi connectivity index (χ1) is 13.1. The van der Waals surface area contributed by atoms with E-state index in [0.29, 0.717) is 21.9 Å². The Morgan fingerprint density at radius 2 is 2.04 bits per heavy atom. The molecule has 0 spiro atoms. The zero-order valence-electron chi connectivity index (χ0n) is 14.6. The van der Waals surface area contributed by atoms with Gasteiger partial charge in [-0.25, -0.2) is 0 Å². The van der Waals surface area contributed by atoms with Gasteiger partial charge in [0.05, 0.1) is 11.1 Å². The van der Waals surface area contributed by atoms with Crippen LogP contribution in [0.4, 0.5) is 0 Å². The topological polar surface area (TPSA) is 56.5 Å². The van der Waals surface area contributed by atoms with Gasteiger partial charge in [0.1, 0.15) is 5.75 Å². The Morgan fingerprint density at radius 3 is 2.74 bits per heavy atom. The van der Waals surface area contributed by atoms with E-state index in [9.17, 15) is 4.79 Å². The van der Waals surface area contributed by atoms with Crippen molar-refractivity contribution in [3.05, 3.63) is 73.5 Å². The third-order valence-electron chi connectivity index (χ3n) is 3.91. The molecular formula is C20H16BrN3O2S. The lowest BCUT2D eigenvalue weighted by atomic mass is 10.2. The second kappa shape index (κ2) is 7.62. The minimum atomic E-state index is -0.156. The monoisotopic (exact) mass is 441 g/mol. The van der Waals surface area contributed by atoms with Gasteiger partial charge >= 0.3 is 0 Å². The maximum Gasteiger partial charge on any atom is 0.291 e. The lowest BCUT2D eigenvalue weighted by molar-refractivity contribution is 0.317. The first-order valence-electron chi connectivity index (χ1n) is 8.54. The highest BCUT2D eigenvalue weighted by Gasteiger charge is 2.12. The van der Waals surface area contributed by atoms with Crippen molar-refractivity contribution in [3.8, 4) is 17.1 Å². The van der Waals surface area contributed by atoms with Crippen molar-refractivity contribution in [1.29, 1.82) is 0 Å². The molecule has 2 aromatic carbocycles. The van der Waals surface area contributed by atoms with E-state index in [1.165, 1.54) is 15.9 Å². The van der Waals surface area contributed by atoms with Crippen LogP contribution in [0.25, 0.3) is 22.4 Å². The van der Waals surface area contributed by atoms with Crippen LogP contribution in [0.1, 0.15) is 18.9 Å². The van der Waals surface area contributed by atoms with Crippen molar-refractivity contribution in [2.75, 3.05) is 6.61 Å². The van der Waals surface area contributed by atoms with Gasteiger partial charge in [-0.1, -0.05) is 46.3 Å². The zero-order valence-corrected chi connectivity index (χ0v) is 17.0. The Balaban J connectivity index is 1.67. The minimum Gasteiger partial charge on any atom is -0.494 e. The molecule has 0 bridgehead atoms. The van der Waals surface area contributed by atoms with Gasteiger partial charge in [-0.05, 0) is 54.5 Å². The predicted octanol–water partition coefficient (Wildman–Crippen LogP) is 3.92. The highest BCUT2D eigenvalue weighted by molar-refractivity contribution is 9.10. The quantitative estimate of drug-likeness (QED) is 0.470. The molecule has 2 aromatic heterocycles. The largest absolute Gasteiger partial charge is 0.494 e. The number of fused-ring (bicyclic) bond motifs is 1. The molecule has 0 aliphatic carbocycles. The van der Waals surface area contributed by atoms with Gasteiger partial charge in [0, 0.05) is 10.0 Å². The summed E-state index contributed by atoms with van der Waals surface area (Å²) in [5.41, 5.74) is 1.65. The van der Waals surface area contributed by atoms with Crippen LogP contribution in [0, 0.1) is 0 Å². The van der Waals surface area contributed by atoms with Crippen LogP contribution in [-0.2, 0) is 0 Å². The van der Waals surface area contributed by atoms with Crippen LogP contribution in [0.5, 0.6) is 5.75 Å². The molecule has 0 N–H and O–H groups in total. The molecule has 0 amide bonds. The fourth-order valence-electron chi connectivity index (χ4n) is 2.62. The van der Waals surface area contributed by atoms with Crippen molar-refractivity contribution in [3.63, 3.8) is 0 Å². The van der Waals surface area contributed by atoms with E-state index in [2.05, 4.69) is 32.9 Å². The smallest absolute Gasteiger partial charge is 0.291 e. The molecular weight excluding hydrogens is 426 g/mol. The summed E-state index contributed by atoms with van der Waals surface area (Å²) in [4.78, 5) is 17.7. The Bertz CT molecular complexity index is 1200. The number of hydrogen-bond donors (Lipinski definition) is 0. The minimum absolute atomic E-state index is 0.156. The molecule has 0 saturated heterocycles. The molecule has 27 heavy (non-hydrogen) atoms. The standard InChI is InChI=1S/C20H16BrN3O2S/c1-2-10-26-16-8-6-14(7-9-16)18-22-20-24(23-18)19(25)17(27-20)12-13-4-3-5-15(21)11-13/h3-9,11-12H,2,10H2,1H3/b17-12-. The molecule has 5 nitrogen and oxygen atoms in total. The van der Waals surface area contributed by atoms with Gasteiger partial charge < -0.3 is 4.74 Å². The SMILES string of the molecule is CCCOc1ccc(-c2nc3s/c(=C\c4cccc(Br)c4)c(=O)n3n2)cc1. The summed E-state index contributed by atoms with van der Waals surface area (Å²) in [5.74, 6) is 1.35. The summed E-state index contributed by atoms with van der Waals surface area (Å²) in [7, 11) is 0. The van der Waals surface area contributed by atoms with Crippen LogP contribution < -0.4 is 14.8 Å². The summed E-state index contributed by atoms with van der Waals surface area (Å²) in [6.07, 6.45) is 2.82. The van der Waals surface area contributed by atoms with Crippen molar-refractivity contribution in [1.82, 2.24) is 14.6 Å². The number of hydrogen-bond acceptors (Lipinski definition) is 5. The molecule has 0 aliphatic rings. The third-order valence-corrected chi connectivity index (χ3v) is 5.37. The van der Waals surface area contributed by atoms with Gasteiger partial charge in [-0.3, -0.25) is 4.79 Å². The molecule has 4 aromatic rings. The number of benzene rings is 2. The Kier molecular flexibility index (Phi) is 5.05. The van der Waals surface area contributed by atoms with Crippen LogP contribution in [0.2, 0.25) is 0 Å². The van der Waals surface area contributed by atoms with Crippen LogP contribution in [0.15, 0.2) is 57.8 Å². The van der Waals surface area contributed by atoms with Crippen LogP contribution in [0.3, 0.4) is 0 Å². The summed E-state index contributed by atoms with van der Waals surface area (Å²) in [6, 6.07) is 15.4. The summed E-state index contributed by atoms with van der Waals surface area (Å²) >= 11 is 4.78. The number of nitrogens with zero attached hydrogens (tertiary/aromatic N) is 3. The normalized spacial score (nSPS) is 12.0. The van der Waals surface area contributed by atoms with Crippen LogP contribution in [-0.4, -0.2) is 21.2 Å². The second-order valence-electron chi connectivity index (χ2n) is 5.97. The van der Waals surface area contributed by atoms with Crippen molar-refractivity contribution in [2.24, 2.45) is 0 Å².